The Morgan fingerprint density at radius 1 is 1.32 bits per heavy atom. The Balaban J connectivity index is 1.75. The van der Waals surface area contributed by atoms with Gasteiger partial charge in [-0.2, -0.15) is 10.2 Å². The van der Waals surface area contributed by atoms with Crippen LogP contribution < -0.4 is 5.32 Å². The summed E-state index contributed by atoms with van der Waals surface area (Å²) in [6.07, 6.45) is 2.76. The number of carbonyl (C=O) groups is 1. The van der Waals surface area contributed by atoms with Crippen molar-refractivity contribution < 1.29 is 4.79 Å². The van der Waals surface area contributed by atoms with E-state index < -0.39 is 0 Å². The van der Waals surface area contributed by atoms with Crippen molar-refractivity contribution >= 4 is 33.4 Å². The molecule has 0 aromatic carbocycles. The zero-order valence-electron chi connectivity index (χ0n) is 12.9. The first-order chi connectivity index (χ1) is 10.4. The second-order valence-corrected chi connectivity index (χ2v) is 6.40. The summed E-state index contributed by atoms with van der Waals surface area (Å²) in [5.74, 6) is -0.0694. The lowest BCUT2D eigenvalue weighted by molar-refractivity contribution is -0.121. The Hall–Kier alpha value is -1.34. The van der Waals surface area contributed by atoms with Crippen LogP contribution >= 0.6 is 27.5 Å². The summed E-state index contributed by atoms with van der Waals surface area (Å²) in [5, 5.41) is 12.1. The molecule has 0 saturated carbocycles. The van der Waals surface area contributed by atoms with Crippen LogP contribution in [0, 0.1) is 20.8 Å². The molecule has 1 N–H and O–H groups in total. The fourth-order valence-corrected chi connectivity index (χ4v) is 2.55. The van der Waals surface area contributed by atoms with E-state index in [4.69, 9.17) is 11.6 Å². The highest BCUT2D eigenvalue weighted by atomic mass is 79.9. The lowest BCUT2D eigenvalue weighted by Gasteiger charge is -2.07. The maximum Gasteiger partial charge on any atom is 0.241 e. The highest BCUT2D eigenvalue weighted by Gasteiger charge is 2.11. The number of halogens is 2. The number of nitrogens with one attached hydrogen (secondary N) is 1. The number of hydrogen-bond donors (Lipinski definition) is 1. The maximum atomic E-state index is 11.9. The predicted molar refractivity (Wildman–Crippen MR) is 89.0 cm³/mol. The molecule has 6 nitrogen and oxygen atoms in total. The molecule has 2 rings (SSSR count). The number of aromatic nitrogens is 4. The Morgan fingerprint density at radius 2 is 2.05 bits per heavy atom. The normalized spacial score (nSPS) is 11.0. The van der Waals surface area contributed by atoms with E-state index in [-0.39, 0.29) is 12.5 Å². The summed E-state index contributed by atoms with van der Waals surface area (Å²) in [6, 6.07) is 0. The van der Waals surface area contributed by atoms with Crippen LogP contribution in [0.2, 0.25) is 5.02 Å². The van der Waals surface area contributed by atoms with Gasteiger partial charge >= 0.3 is 0 Å². The summed E-state index contributed by atoms with van der Waals surface area (Å²) in [7, 11) is 0. The lowest BCUT2D eigenvalue weighted by atomic mass is 10.4. The van der Waals surface area contributed by atoms with E-state index in [1.807, 2.05) is 31.6 Å². The largest absolute Gasteiger partial charge is 0.354 e. The molecule has 8 heteroatoms. The minimum Gasteiger partial charge on any atom is -0.354 e. The Labute approximate surface area is 143 Å². The Bertz CT molecular complexity index is 660. The van der Waals surface area contributed by atoms with Crippen molar-refractivity contribution in [2.45, 2.75) is 40.3 Å². The van der Waals surface area contributed by atoms with E-state index in [2.05, 4.69) is 31.4 Å². The van der Waals surface area contributed by atoms with Crippen molar-refractivity contribution in [1.29, 1.82) is 0 Å². The fraction of sp³-hybridized carbons (Fsp3) is 0.500. The van der Waals surface area contributed by atoms with Gasteiger partial charge in [-0.05, 0) is 43.1 Å². The van der Waals surface area contributed by atoms with E-state index in [1.165, 1.54) is 0 Å². The first-order valence-electron chi connectivity index (χ1n) is 7.04. The molecule has 0 saturated heterocycles. The molecule has 22 heavy (non-hydrogen) atoms. The van der Waals surface area contributed by atoms with Gasteiger partial charge < -0.3 is 5.32 Å². The summed E-state index contributed by atoms with van der Waals surface area (Å²) in [4.78, 5) is 11.9. The van der Waals surface area contributed by atoms with Crippen molar-refractivity contribution in [1.82, 2.24) is 24.9 Å². The van der Waals surface area contributed by atoms with E-state index in [1.54, 1.807) is 4.68 Å². The van der Waals surface area contributed by atoms with Gasteiger partial charge in [-0.1, -0.05) is 11.6 Å². The van der Waals surface area contributed by atoms with Gasteiger partial charge in [0.25, 0.3) is 0 Å². The highest BCUT2D eigenvalue weighted by molar-refractivity contribution is 9.10. The zero-order chi connectivity index (χ0) is 16.3. The van der Waals surface area contributed by atoms with Crippen molar-refractivity contribution in [3.05, 3.63) is 32.8 Å². The third-order valence-electron chi connectivity index (χ3n) is 3.36. The van der Waals surface area contributed by atoms with E-state index in [0.29, 0.717) is 11.6 Å². The van der Waals surface area contributed by atoms with Crippen molar-refractivity contribution in [3.8, 4) is 0 Å². The maximum absolute atomic E-state index is 11.9. The number of carbonyl (C=O) groups excluding carboxylic acids is 1. The molecule has 0 fully saturated rings. The minimum atomic E-state index is -0.0694. The van der Waals surface area contributed by atoms with E-state index in [0.717, 1.165) is 34.5 Å². The fourth-order valence-electron chi connectivity index (χ4n) is 2.10. The van der Waals surface area contributed by atoms with Crippen molar-refractivity contribution in [2.75, 3.05) is 6.54 Å². The quantitative estimate of drug-likeness (QED) is 0.774. The molecular formula is C14H19BrClN5O. The third kappa shape index (κ3) is 4.10. The summed E-state index contributed by atoms with van der Waals surface area (Å²) < 4.78 is 4.49. The molecule has 0 unspecified atom stereocenters. The average molecular weight is 389 g/mol. The monoisotopic (exact) mass is 387 g/mol. The molecule has 0 aliphatic rings. The number of hydrogen-bond acceptors (Lipinski definition) is 3. The van der Waals surface area contributed by atoms with Crippen molar-refractivity contribution in [3.63, 3.8) is 0 Å². The Kier molecular flexibility index (Phi) is 5.63. The van der Waals surface area contributed by atoms with Gasteiger partial charge in [-0.3, -0.25) is 14.2 Å². The van der Waals surface area contributed by atoms with E-state index in [9.17, 15) is 4.79 Å². The first kappa shape index (κ1) is 17.0. The molecule has 0 aliphatic carbocycles. The summed E-state index contributed by atoms with van der Waals surface area (Å²) >= 11 is 9.49. The smallest absolute Gasteiger partial charge is 0.241 e. The Morgan fingerprint density at radius 3 is 2.59 bits per heavy atom. The zero-order valence-corrected chi connectivity index (χ0v) is 15.2. The van der Waals surface area contributed by atoms with Crippen LogP contribution in [0.25, 0.3) is 0 Å². The first-order valence-corrected chi connectivity index (χ1v) is 8.21. The predicted octanol–water partition coefficient (Wildman–Crippen LogP) is 2.63. The van der Waals surface area contributed by atoms with Crippen LogP contribution in [0.3, 0.4) is 0 Å². The number of aryl methyl sites for hydroxylation is 3. The topological polar surface area (TPSA) is 64.7 Å². The summed E-state index contributed by atoms with van der Waals surface area (Å²) in [5.41, 5.74) is 2.52. The molecular weight excluding hydrogens is 370 g/mol. The van der Waals surface area contributed by atoms with Crippen LogP contribution in [0.4, 0.5) is 0 Å². The van der Waals surface area contributed by atoms with Crippen molar-refractivity contribution in [2.24, 2.45) is 0 Å². The molecule has 0 atom stereocenters. The third-order valence-corrected chi connectivity index (χ3v) is 4.68. The van der Waals surface area contributed by atoms with Crippen LogP contribution in [-0.2, 0) is 17.9 Å². The van der Waals surface area contributed by atoms with Gasteiger partial charge in [0, 0.05) is 19.3 Å². The second-order valence-electron chi connectivity index (χ2n) is 5.17. The highest BCUT2D eigenvalue weighted by Crippen LogP contribution is 2.18. The van der Waals surface area contributed by atoms with E-state index >= 15 is 0 Å². The molecule has 2 aromatic rings. The molecule has 0 radical (unpaired) electrons. The second kappa shape index (κ2) is 7.28. The SMILES string of the molecule is Cc1nn(CCCNC(=O)Cn2nc(C)c(Cl)c2C)cc1Br. The lowest BCUT2D eigenvalue weighted by Crippen LogP contribution is -2.29. The van der Waals surface area contributed by atoms with Gasteiger partial charge in [0.15, 0.2) is 0 Å². The molecule has 2 heterocycles. The molecule has 2 aromatic heterocycles. The molecule has 0 bridgehead atoms. The molecule has 0 spiro atoms. The van der Waals surface area contributed by atoms with Crippen LogP contribution in [0.15, 0.2) is 10.7 Å². The number of nitrogens with zero attached hydrogens (tertiary/aromatic N) is 4. The van der Waals surface area contributed by atoms with Gasteiger partial charge in [-0.25, -0.2) is 0 Å². The van der Waals surface area contributed by atoms with Gasteiger partial charge in [0.2, 0.25) is 5.91 Å². The standard InChI is InChI=1S/C14H19BrClN5O/c1-9-12(15)7-20(18-9)6-4-5-17-13(22)8-21-11(3)14(16)10(2)19-21/h7H,4-6,8H2,1-3H3,(H,17,22). The average Bonchev–Trinajstić information content (AvgIpc) is 2.90. The molecule has 1 amide bonds. The molecule has 0 aliphatic heterocycles. The van der Waals surface area contributed by atoms with Crippen LogP contribution in [0.5, 0.6) is 0 Å². The minimum absolute atomic E-state index is 0.0694. The number of amides is 1. The van der Waals surface area contributed by atoms with Crippen LogP contribution in [0.1, 0.15) is 23.5 Å². The van der Waals surface area contributed by atoms with Crippen LogP contribution in [-0.4, -0.2) is 32.0 Å². The van der Waals surface area contributed by atoms with Gasteiger partial charge in [0.1, 0.15) is 6.54 Å². The number of rotatable bonds is 6. The molecule has 120 valence electrons. The summed E-state index contributed by atoms with van der Waals surface area (Å²) in [6.45, 7) is 7.18. The van der Waals surface area contributed by atoms with Gasteiger partial charge in [-0.15, -0.1) is 0 Å². The van der Waals surface area contributed by atoms with Gasteiger partial charge in [0.05, 0.1) is 26.6 Å².